The molecule has 0 N–H and O–H groups in total. The van der Waals surface area contributed by atoms with E-state index in [1.54, 1.807) is 4.68 Å². The van der Waals surface area contributed by atoms with Crippen LogP contribution in [0.4, 0.5) is 0 Å². The molecular weight excluding hydrogens is 284 g/mol. The maximum absolute atomic E-state index is 4.25. The van der Waals surface area contributed by atoms with E-state index in [1.165, 1.54) is 0 Å². The molecule has 1 heterocycles. The van der Waals surface area contributed by atoms with Crippen molar-refractivity contribution in [2.45, 2.75) is 0 Å². The third-order valence-corrected chi connectivity index (χ3v) is 3.72. The third kappa shape index (κ3) is 2.51. The van der Waals surface area contributed by atoms with Gasteiger partial charge >= 0.3 is 0 Å². The van der Waals surface area contributed by atoms with Gasteiger partial charge in [0.25, 0.3) is 0 Å². The second-order valence-electron chi connectivity index (χ2n) is 5.16. The van der Waals surface area contributed by atoms with E-state index >= 15 is 0 Å². The largest absolute Gasteiger partial charge is 0.193 e. The van der Waals surface area contributed by atoms with Gasteiger partial charge in [-0.3, -0.25) is 0 Å². The van der Waals surface area contributed by atoms with Gasteiger partial charge < -0.3 is 0 Å². The van der Waals surface area contributed by atoms with Crippen LogP contribution in [0.3, 0.4) is 0 Å². The zero-order valence-electron chi connectivity index (χ0n) is 12.4. The third-order valence-electron chi connectivity index (χ3n) is 3.72. The molecule has 0 atom stereocenters. The highest BCUT2D eigenvalue weighted by Gasteiger charge is 2.14. The van der Waals surface area contributed by atoms with Gasteiger partial charge in [-0.05, 0) is 33.7 Å². The molecule has 0 aliphatic rings. The van der Waals surface area contributed by atoms with Crippen LogP contribution in [-0.4, -0.2) is 20.2 Å². The standard InChI is InChI=1S/C19H14N4/c1-3-9-15(10-4-1)17-13-7-8-14-18(17)19-20-21-22-23(19)16-11-5-2-6-12-16/h1-14H. The summed E-state index contributed by atoms with van der Waals surface area (Å²) in [4.78, 5) is 0. The average molecular weight is 298 g/mol. The van der Waals surface area contributed by atoms with Crippen LogP contribution in [0.5, 0.6) is 0 Å². The van der Waals surface area contributed by atoms with Gasteiger partial charge in [0, 0.05) is 5.56 Å². The maximum Gasteiger partial charge on any atom is 0.187 e. The van der Waals surface area contributed by atoms with Gasteiger partial charge in [-0.1, -0.05) is 72.8 Å². The molecule has 23 heavy (non-hydrogen) atoms. The van der Waals surface area contributed by atoms with Crippen LogP contribution in [0.2, 0.25) is 0 Å². The molecule has 4 heteroatoms. The van der Waals surface area contributed by atoms with E-state index in [-0.39, 0.29) is 0 Å². The Hall–Kier alpha value is -3.27. The van der Waals surface area contributed by atoms with Gasteiger partial charge in [0.15, 0.2) is 5.82 Å². The summed E-state index contributed by atoms with van der Waals surface area (Å²) in [7, 11) is 0. The first kappa shape index (κ1) is 13.4. The minimum atomic E-state index is 0.732. The summed E-state index contributed by atoms with van der Waals surface area (Å²) in [5.74, 6) is 0.732. The Morgan fingerprint density at radius 1 is 0.609 bits per heavy atom. The fraction of sp³-hybridized carbons (Fsp3) is 0. The van der Waals surface area contributed by atoms with Crippen LogP contribution in [0, 0.1) is 0 Å². The summed E-state index contributed by atoms with van der Waals surface area (Å²) in [6.45, 7) is 0. The minimum absolute atomic E-state index is 0.732. The quantitative estimate of drug-likeness (QED) is 0.574. The van der Waals surface area contributed by atoms with E-state index in [9.17, 15) is 0 Å². The Morgan fingerprint density at radius 3 is 1.96 bits per heavy atom. The molecule has 0 amide bonds. The number of hydrogen-bond donors (Lipinski definition) is 0. The Labute approximate surface area is 134 Å². The predicted octanol–water partition coefficient (Wildman–Crippen LogP) is 4.00. The molecule has 0 spiro atoms. The summed E-state index contributed by atoms with van der Waals surface area (Å²) < 4.78 is 1.77. The van der Waals surface area contributed by atoms with E-state index in [4.69, 9.17) is 0 Å². The van der Waals surface area contributed by atoms with E-state index in [0.717, 1.165) is 28.2 Å². The Bertz CT molecular complexity index is 914. The lowest BCUT2D eigenvalue weighted by molar-refractivity contribution is 0.791. The predicted molar refractivity (Wildman–Crippen MR) is 90.0 cm³/mol. The van der Waals surface area contributed by atoms with Gasteiger partial charge in [-0.25, -0.2) is 0 Å². The van der Waals surface area contributed by atoms with Gasteiger partial charge in [0.05, 0.1) is 5.69 Å². The molecule has 0 radical (unpaired) electrons. The number of para-hydroxylation sites is 1. The number of benzene rings is 3. The van der Waals surface area contributed by atoms with Crippen molar-refractivity contribution in [1.29, 1.82) is 0 Å². The number of tetrazole rings is 1. The summed E-state index contributed by atoms with van der Waals surface area (Å²) in [6, 6.07) is 28.4. The molecule has 0 saturated carbocycles. The molecule has 3 aromatic carbocycles. The van der Waals surface area contributed by atoms with Gasteiger partial charge in [0.2, 0.25) is 0 Å². The van der Waals surface area contributed by atoms with Crippen molar-refractivity contribution in [1.82, 2.24) is 20.2 Å². The maximum atomic E-state index is 4.25. The number of nitrogens with zero attached hydrogens (tertiary/aromatic N) is 4. The number of aromatic nitrogens is 4. The lowest BCUT2D eigenvalue weighted by Crippen LogP contribution is -2.00. The lowest BCUT2D eigenvalue weighted by atomic mass is 9.99. The van der Waals surface area contributed by atoms with E-state index in [2.05, 4.69) is 33.7 Å². The van der Waals surface area contributed by atoms with Crippen LogP contribution < -0.4 is 0 Å². The highest BCUT2D eigenvalue weighted by Crippen LogP contribution is 2.31. The number of hydrogen-bond acceptors (Lipinski definition) is 3. The first-order chi connectivity index (χ1) is 11.4. The van der Waals surface area contributed by atoms with Gasteiger partial charge in [-0.15, -0.1) is 5.10 Å². The van der Waals surface area contributed by atoms with Crippen LogP contribution in [0.15, 0.2) is 84.9 Å². The van der Waals surface area contributed by atoms with Crippen molar-refractivity contribution in [2.75, 3.05) is 0 Å². The molecule has 4 rings (SSSR count). The average Bonchev–Trinajstić information content (AvgIpc) is 3.13. The Balaban J connectivity index is 1.90. The summed E-state index contributed by atoms with van der Waals surface area (Å²) in [5, 5.41) is 12.3. The first-order valence-corrected chi connectivity index (χ1v) is 7.42. The Morgan fingerprint density at radius 2 is 1.22 bits per heavy atom. The van der Waals surface area contributed by atoms with Crippen LogP contribution in [-0.2, 0) is 0 Å². The van der Waals surface area contributed by atoms with E-state index in [0.29, 0.717) is 0 Å². The fourth-order valence-corrected chi connectivity index (χ4v) is 2.65. The van der Waals surface area contributed by atoms with Crippen LogP contribution >= 0.6 is 0 Å². The zero-order chi connectivity index (χ0) is 15.5. The first-order valence-electron chi connectivity index (χ1n) is 7.42. The number of rotatable bonds is 3. The molecule has 1 aromatic heterocycles. The topological polar surface area (TPSA) is 43.6 Å². The van der Waals surface area contributed by atoms with E-state index in [1.807, 2.05) is 66.7 Å². The smallest absolute Gasteiger partial charge is 0.187 e. The SMILES string of the molecule is c1ccc(-c2ccccc2-c2nnnn2-c2ccccc2)cc1. The molecule has 0 aliphatic heterocycles. The van der Waals surface area contributed by atoms with Crippen molar-refractivity contribution in [3.05, 3.63) is 84.9 Å². The minimum Gasteiger partial charge on any atom is -0.193 e. The second-order valence-corrected chi connectivity index (χ2v) is 5.16. The molecule has 0 saturated heterocycles. The van der Waals surface area contributed by atoms with Crippen molar-refractivity contribution in [2.24, 2.45) is 0 Å². The molecular formula is C19H14N4. The lowest BCUT2D eigenvalue weighted by Gasteiger charge is -2.10. The van der Waals surface area contributed by atoms with E-state index < -0.39 is 0 Å². The van der Waals surface area contributed by atoms with Crippen LogP contribution in [0.25, 0.3) is 28.2 Å². The molecule has 0 aliphatic carbocycles. The summed E-state index contributed by atoms with van der Waals surface area (Å²) >= 11 is 0. The van der Waals surface area contributed by atoms with Gasteiger partial charge in [-0.2, -0.15) is 4.68 Å². The second kappa shape index (κ2) is 5.85. The van der Waals surface area contributed by atoms with Crippen molar-refractivity contribution in [3.63, 3.8) is 0 Å². The Kier molecular flexibility index (Phi) is 3.41. The highest BCUT2D eigenvalue weighted by atomic mass is 15.5. The van der Waals surface area contributed by atoms with Crippen LogP contribution in [0.1, 0.15) is 0 Å². The summed E-state index contributed by atoms with van der Waals surface area (Å²) in [6.07, 6.45) is 0. The molecule has 0 unspecified atom stereocenters. The molecule has 0 fully saturated rings. The molecule has 4 nitrogen and oxygen atoms in total. The molecule has 4 aromatic rings. The molecule has 110 valence electrons. The zero-order valence-corrected chi connectivity index (χ0v) is 12.4. The van der Waals surface area contributed by atoms with Crippen molar-refractivity contribution < 1.29 is 0 Å². The fourth-order valence-electron chi connectivity index (χ4n) is 2.65. The van der Waals surface area contributed by atoms with Crippen molar-refractivity contribution in [3.8, 4) is 28.2 Å². The molecule has 0 bridgehead atoms. The van der Waals surface area contributed by atoms with Gasteiger partial charge in [0.1, 0.15) is 0 Å². The van der Waals surface area contributed by atoms with Crippen molar-refractivity contribution >= 4 is 0 Å². The summed E-state index contributed by atoms with van der Waals surface area (Å²) in [5.41, 5.74) is 4.20. The monoisotopic (exact) mass is 298 g/mol. The normalized spacial score (nSPS) is 10.6. The highest BCUT2D eigenvalue weighted by molar-refractivity contribution is 5.80.